The summed E-state index contributed by atoms with van der Waals surface area (Å²) < 4.78 is 5.63. The van der Waals surface area contributed by atoms with Gasteiger partial charge in [-0.25, -0.2) is 0 Å². The lowest BCUT2D eigenvalue weighted by Gasteiger charge is -2.19. The van der Waals surface area contributed by atoms with Gasteiger partial charge >= 0.3 is 0 Å². The molecule has 0 radical (unpaired) electrons. The molecule has 5 nitrogen and oxygen atoms in total. The molecule has 0 atom stereocenters. The molecule has 1 aromatic carbocycles. The fraction of sp³-hybridized carbons (Fsp3) is 0.200. The van der Waals surface area contributed by atoms with Crippen molar-refractivity contribution in [1.82, 2.24) is 9.88 Å². The first kappa shape index (κ1) is 14.9. The minimum atomic E-state index is -0.422. The van der Waals surface area contributed by atoms with Crippen molar-refractivity contribution in [3.05, 3.63) is 62.0 Å². The van der Waals surface area contributed by atoms with Crippen LogP contribution in [-0.2, 0) is 6.54 Å². The van der Waals surface area contributed by atoms with Crippen LogP contribution in [0, 0.1) is 0 Å². The number of halogens is 2. The Bertz CT molecular complexity index is 789. The van der Waals surface area contributed by atoms with Gasteiger partial charge in [0.05, 0.1) is 12.1 Å². The second-order valence-corrected chi connectivity index (χ2v) is 5.74. The highest BCUT2D eigenvalue weighted by atomic mass is 35.5. The largest absolute Gasteiger partial charge is 0.491 e. The molecule has 3 rings (SSSR count). The molecule has 1 N–H and O–H groups in total. The Morgan fingerprint density at radius 3 is 2.86 bits per heavy atom. The van der Waals surface area contributed by atoms with E-state index in [0.29, 0.717) is 30.3 Å². The molecule has 0 unspecified atom stereocenters. The minimum absolute atomic E-state index is 0.0135. The first-order chi connectivity index (χ1) is 10.5. The van der Waals surface area contributed by atoms with Crippen LogP contribution in [0.1, 0.15) is 15.9 Å². The Morgan fingerprint density at radius 1 is 1.27 bits per heavy atom. The van der Waals surface area contributed by atoms with Crippen LogP contribution in [0.4, 0.5) is 0 Å². The Morgan fingerprint density at radius 2 is 2.09 bits per heavy atom. The smallest absolute Gasteiger partial charge is 0.266 e. The predicted molar refractivity (Wildman–Crippen MR) is 83.8 cm³/mol. The summed E-state index contributed by atoms with van der Waals surface area (Å²) in [6.07, 6.45) is 1.36. The first-order valence-corrected chi connectivity index (χ1v) is 7.39. The van der Waals surface area contributed by atoms with Gasteiger partial charge in [-0.05, 0) is 24.3 Å². The van der Waals surface area contributed by atoms with E-state index in [9.17, 15) is 9.59 Å². The predicted octanol–water partition coefficient (Wildman–Crippen LogP) is 2.72. The molecule has 0 bridgehead atoms. The maximum atomic E-state index is 12.6. The Balaban J connectivity index is 1.89. The van der Waals surface area contributed by atoms with Gasteiger partial charge in [0.25, 0.3) is 11.5 Å². The summed E-state index contributed by atoms with van der Waals surface area (Å²) in [4.78, 5) is 27.9. The highest BCUT2D eigenvalue weighted by molar-refractivity contribution is 6.31. The summed E-state index contributed by atoms with van der Waals surface area (Å²) in [5, 5.41) is 0.573. The third kappa shape index (κ3) is 2.96. The number of carbonyl (C=O) groups excluding carboxylic acids is 1. The van der Waals surface area contributed by atoms with Crippen LogP contribution in [0.25, 0.3) is 0 Å². The number of hydrogen-bond donors (Lipinski definition) is 1. The van der Waals surface area contributed by atoms with E-state index in [1.807, 2.05) is 0 Å². The van der Waals surface area contributed by atoms with E-state index in [1.54, 1.807) is 23.1 Å². The highest BCUT2D eigenvalue weighted by Gasteiger charge is 2.21. The minimum Gasteiger partial charge on any atom is -0.491 e. The third-order valence-corrected chi connectivity index (χ3v) is 3.91. The van der Waals surface area contributed by atoms with Gasteiger partial charge in [0.1, 0.15) is 17.4 Å². The standard InChI is InChI=1S/C15H12Cl2N2O3/c16-11-1-2-13-10(5-11)8-19(3-4-22-13)15(21)9-6-12(17)14(20)18-7-9/h1-2,5-7H,3-4,8H2,(H,18,20). The number of H-pyrrole nitrogens is 1. The molecule has 1 aliphatic heterocycles. The van der Waals surface area contributed by atoms with Gasteiger partial charge in [-0.15, -0.1) is 0 Å². The molecular weight excluding hydrogens is 327 g/mol. The van der Waals surface area contributed by atoms with Gasteiger partial charge in [0, 0.05) is 23.3 Å². The van der Waals surface area contributed by atoms with Crippen molar-refractivity contribution in [1.29, 1.82) is 0 Å². The molecule has 0 spiro atoms. The summed E-state index contributed by atoms with van der Waals surface area (Å²) in [5.41, 5.74) is 0.749. The normalized spacial score (nSPS) is 14.0. The van der Waals surface area contributed by atoms with Crippen LogP contribution in [0.2, 0.25) is 10.0 Å². The molecule has 1 aliphatic rings. The maximum Gasteiger partial charge on any atom is 0.266 e. The number of benzene rings is 1. The number of aromatic amines is 1. The topological polar surface area (TPSA) is 62.4 Å². The quantitative estimate of drug-likeness (QED) is 0.869. The van der Waals surface area contributed by atoms with Crippen molar-refractivity contribution in [3.8, 4) is 5.75 Å². The Labute approximate surface area is 136 Å². The van der Waals surface area contributed by atoms with Gasteiger partial charge < -0.3 is 14.6 Å². The number of nitrogens with zero attached hydrogens (tertiary/aromatic N) is 1. The average Bonchev–Trinajstić information content (AvgIpc) is 2.71. The van der Waals surface area contributed by atoms with E-state index >= 15 is 0 Å². The van der Waals surface area contributed by atoms with Crippen LogP contribution in [0.5, 0.6) is 5.75 Å². The summed E-state index contributed by atoms with van der Waals surface area (Å²) >= 11 is 11.8. The zero-order valence-electron chi connectivity index (χ0n) is 11.4. The van der Waals surface area contributed by atoms with Gasteiger partial charge in [-0.1, -0.05) is 23.2 Å². The molecule has 114 valence electrons. The molecule has 2 heterocycles. The van der Waals surface area contributed by atoms with E-state index in [4.69, 9.17) is 27.9 Å². The van der Waals surface area contributed by atoms with Crippen LogP contribution in [-0.4, -0.2) is 28.9 Å². The summed E-state index contributed by atoms with van der Waals surface area (Å²) in [6.45, 7) is 1.20. The van der Waals surface area contributed by atoms with E-state index in [2.05, 4.69) is 4.98 Å². The van der Waals surface area contributed by atoms with Crippen molar-refractivity contribution in [2.45, 2.75) is 6.54 Å². The molecule has 0 fully saturated rings. The second kappa shape index (κ2) is 6.02. The monoisotopic (exact) mass is 338 g/mol. The number of rotatable bonds is 1. The molecular formula is C15H12Cl2N2O3. The van der Waals surface area contributed by atoms with Crippen molar-refractivity contribution < 1.29 is 9.53 Å². The molecule has 0 saturated carbocycles. The number of fused-ring (bicyclic) bond motifs is 1. The van der Waals surface area contributed by atoms with Crippen molar-refractivity contribution in [2.75, 3.05) is 13.2 Å². The van der Waals surface area contributed by atoms with E-state index < -0.39 is 5.56 Å². The van der Waals surface area contributed by atoms with E-state index in [1.165, 1.54) is 12.3 Å². The SMILES string of the molecule is O=C(c1c[nH]c(=O)c(Cl)c1)N1CCOc2ccc(Cl)cc2C1. The fourth-order valence-corrected chi connectivity index (χ4v) is 2.67. The number of hydrogen-bond acceptors (Lipinski definition) is 3. The van der Waals surface area contributed by atoms with Gasteiger partial charge in [-0.2, -0.15) is 0 Å². The second-order valence-electron chi connectivity index (χ2n) is 4.89. The maximum absolute atomic E-state index is 12.6. The van der Waals surface area contributed by atoms with E-state index in [-0.39, 0.29) is 10.9 Å². The van der Waals surface area contributed by atoms with Gasteiger partial charge in [0.2, 0.25) is 0 Å². The lowest BCUT2D eigenvalue weighted by Crippen LogP contribution is -2.32. The Hall–Kier alpha value is -1.98. The number of nitrogens with one attached hydrogen (secondary N) is 1. The Kier molecular flexibility index (Phi) is 4.09. The van der Waals surface area contributed by atoms with Crippen LogP contribution < -0.4 is 10.3 Å². The van der Waals surface area contributed by atoms with Crippen molar-refractivity contribution >= 4 is 29.1 Å². The third-order valence-electron chi connectivity index (χ3n) is 3.39. The van der Waals surface area contributed by atoms with Gasteiger partial charge in [-0.3, -0.25) is 9.59 Å². The number of ether oxygens (including phenoxy) is 1. The zero-order chi connectivity index (χ0) is 15.7. The first-order valence-electron chi connectivity index (χ1n) is 6.63. The molecule has 1 aromatic heterocycles. The lowest BCUT2D eigenvalue weighted by molar-refractivity contribution is 0.0733. The van der Waals surface area contributed by atoms with E-state index in [0.717, 1.165) is 11.3 Å². The van der Waals surface area contributed by atoms with Gasteiger partial charge in [0.15, 0.2) is 0 Å². The van der Waals surface area contributed by atoms with Crippen molar-refractivity contribution in [3.63, 3.8) is 0 Å². The number of carbonyl (C=O) groups is 1. The molecule has 0 aliphatic carbocycles. The zero-order valence-corrected chi connectivity index (χ0v) is 12.9. The molecule has 22 heavy (non-hydrogen) atoms. The van der Waals surface area contributed by atoms with Crippen LogP contribution in [0.15, 0.2) is 35.3 Å². The van der Waals surface area contributed by atoms with Crippen LogP contribution >= 0.6 is 23.2 Å². The summed E-state index contributed by atoms with van der Waals surface area (Å²) in [7, 11) is 0. The molecule has 2 aromatic rings. The number of pyridine rings is 1. The van der Waals surface area contributed by atoms with Crippen molar-refractivity contribution in [2.24, 2.45) is 0 Å². The van der Waals surface area contributed by atoms with Crippen LogP contribution in [0.3, 0.4) is 0 Å². The molecule has 0 saturated heterocycles. The number of aromatic nitrogens is 1. The lowest BCUT2D eigenvalue weighted by atomic mass is 10.1. The fourth-order valence-electron chi connectivity index (χ4n) is 2.30. The average molecular weight is 339 g/mol. The molecule has 1 amide bonds. The summed E-state index contributed by atoms with van der Waals surface area (Å²) in [5.74, 6) is 0.494. The molecule has 7 heteroatoms. The summed E-state index contributed by atoms with van der Waals surface area (Å²) in [6, 6.07) is 6.69. The number of amides is 1. The highest BCUT2D eigenvalue weighted by Crippen LogP contribution is 2.27.